The third-order valence-corrected chi connectivity index (χ3v) is 2.94. The van der Waals surface area contributed by atoms with Gasteiger partial charge >= 0.3 is 5.97 Å². The van der Waals surface area contributed by atoms with E-state index in [1.54, 1.807) is 24.4 Å². The van der Waals surface area contributed by atoms with E-state index in [2.05, 4.69) is 17.1 Å². The highest BCUT2D eigenvalue weighted by atomic mass is 16.7. The second kappa shape index (κ2) is 7.19. The van der Waals surface area contributed by atoms with Crippen LogP contribution in [0.2, 0.25) is 0 Å². The van der Waals surface area contributed by atoms with Gasteiger partial charge in [0, 0.05) is 12.1 Å². The molecule has 0 unspecified atom stereocenters. The van der Waals surface area contributed by atoms with Gasteiger partial charge in [-0.15, -0.1) is 0 Å². The number of aromatic nitrogens is 1. The molecule has 0 amide bonds. The maximum Gasteiger partial charge on any atom is 0.365 e. The van der Waals surface area contributed by atoms with Crippen LogP contribution in [0.3, 0.4) is 0 Å². The maximum atomic E-state index is 11.9. The molecule has 108 valence electrons. The molecular formula is C16H18N3O2+. The van der Waals surface area contributed by atoms with E-state index in [0.29, 0.717) is 11.3 Å². The second-order valence-electron chi connectivity index (χ2n) is 4.58. The summed E-state index contributed by atoms with van der Waals surface area (Å²) in [4.78, 5) is 19.6. The largest absolute Gasteiger partial charge is 0.375 e. The molecule has 0 aliphatic rings. The molecule has 0 radical (unpaired) electrons. The first-order chi connectivity index (χ1) is 10.2. The summed E-state index contributed by atoms with van der Waals surface area (Å²) in [5.41, 5.74) is 7.95. The van der Waals surface area contributed by atoms with Crippen molar-refractivity contribution < 1.29 is 14.6 Å². The highest BCUT2D eigenvalue weighted by Crippen LogP contribution is 2.08. The molecule has 0 aliphatic heterocycles. The molecule has 21 heavy (non-hydrogen) atoms. The van der Waals surface area contributed by atoms with Crippen molar-refractivity contribution >= 4 is 11.8 Å². The van der Waals surface area contributed by atoms with Gasteiger partial charge in [-0.25, -0.2) is 9.78 Å². The van der Waals surface area contributed by atoms with Crippen LogP contribution in [-0.4, -0.2) is 11.8 Å². The molecule has 5 nitrogen and oxygen atoms in total. The number of H-pyrrole nitrogens is 1. The molecule has 0 saturated heterocycles. The van der Waals surface area contributed by atoms with E-state index >= 15 is 0 Å². The number of carbonyl (C=O) groups excluding carboxylic acids is 1. The minimum Gasteiger partial charge on any atom is -0.375 e. The number of oxime groups is 1. The zero-order valence-corrected chi connectivity index (χ0v) is 11.9. The predicted molar refractivity (Wildman–Crippen MR) is 79.6 cm³/mol. The Hall–Kier alpha value is -2.69. The van der Waals surface area contributed by atoms with Crippen molar-refractivity contribution in [3.63, 3.8) is 0 Å². The van der Waals surface area contributed by atoms with Crippen LogP contribution in [0.5, 0.6) is 0 Å². The number of aromatic amines is 1. The summed E-state index contributed by atoms with van der Waals surface area (Å²) >= 11 is 0. The summed E-state index contributed by atoms with van der Waals surface area (Å²) in [5, 5.41) is 3.64. The third kappa shape index (κ3) is 4.14. The maximum absolute atomic E-state index is 11.9. The molecule has 1 aromatic heterocycles. The fraction of sp³-hybridized carbons (Fsp3) is 0.188. The summed E-state index contributed by atoms with van der Waals surface area (Å²) in [7, 11) is 0. The van der Waals surface area contributed by atoms with Crippen LogP contribution in [-0.2, 0) is 11.3 Å². The Morgan fingerprint density at radius 2 is 2.00 bits per heavy atom. The Kier molecular flexibility index (Phi) is 5.04. The number of hydrogen-bond acceptors (Lipinski definition) is 3. The van der Waals surface area contributed by atoms with Crippen molar-refractivity contribution in [2.45, 2.75) is 19.8 Å². The van der Waals surface area contributed by atoms with Gasteiger partial charge in [-0.05, 0) is 30.2 Å². The molecular weight excluding hydrogens is 266 g/mol. The van der Waals surface area contributed by atoms with Crippen molar-refractivity contribution in [3.05, 3.63) is 65.5 Å². The molecule has 5 heteroatoms. The Labute approximate surface area is 123 Å². The normalized spacial score (nSPS) is 11.2. The smallest absolute Gasteiger partial charge is 0.365 e. The lowest BCUT2D eigenvalue weighted by molar-refractivity contribution is -0.380. The molecule has 1 aromatic carbocycles. The van der Waals surface area contributed by atoms with Gasteiger partial charge in [0.25, 0.3) is 0 Å². The number of carbonyl (C=O) groups is 1. The van der Waals surface area contributed by atoms with E-state index in [9.17, 15) is 4.79 Å². The van der Waals surface area contributed by atoms with E-state index in [4.69, 9.17) is 10.6 Å². The van der Waals surface area contributed by atoms with Gasteiger partial charge in [0.1, 0.15) is 0 Å². The zero-order chi connectivity index (χ0) is 15.1. The van der Waals surface area contributed by atoms with Crippen molar-refractivity contribution in [1.82, 2.24) is 0 Å². The number of aryl methyl sites for hydroxylation is 1. The van der Waals surface area contributed by atoms with Gasteiger partial charge in [0.15, 0.2) is 6.20 Å². The number of benzene rings is 1. The van der Waals surface area contributed by atoms with E-state index in [1.165, 1.54) is 5.56 Å². The zero-order valence-electron chi connectivity index (χ0n) is 11.9. The molecule has 0 bridgehead atoms. The summed E-state index contributed by atoms with van der Waals surface area (Å²) in [5.74, 6) is -0.413. The molecule has 0 fully saturated rings. The number of nitrogens with two attached hydrogens (primary N) is 1. The number of nitrogens with one attached hydrogen (secondary N) is 1. The van der Waals surface area contributed by atoms with Crippen LogP contribution >= 0.6 is 0 Å². The first-order valence-corrected chi connectivity index (χ1v) is 6.81. The first kappa shape index (κ1) is 14.7. The van der Waals surface area contributed by atoms with Gasteiger partial charge in [0.2, 0.25) is 11.5 Å². The molecule has 0 spiro atoms. The SMILES string of the molecule is CCCc1ccc(C(=O)ON=C(N)c2cccc[nH+]2)cc1. The minimum atomic E-state index is -0.531. The number of hydrogen-bond donors (Lipinski definition) is 1. The summed E-state index contributed by atoms with van der Waals surface area (Å²) in [6.45, 7) is 2.11. The van der Waals surface area contributed by atoms with Crippen LogP contribution in [0.4, 0.5) is 0 Å². The Morgan fingerprint density at radius 3 is 2.62 bits per heavy atom. The van der Waals surface area contributed by atoms with Gasteiger partial charge in [-0.2, -0.15) is 0 Å². The van der Waals surface area contributed by atoms with Gasteiger partial charge in [-0.3, -0.25) is 0 Å². The lowest BCUT2D eigenvalue weighted by atomic mass is 10.1. The molecule has 0 aliphatic carbocycles. The van der Waals surface area contributed by atoms with E-state index < -0.39 is 5.97 Å². The number of pyridine rings is 1. The molecule has 1 heterocycles. The van der Waals surface area contributed by atoms with E-state index in [1.807, 2.05) is 24.3 Å². The van der Waals surface area contributed by atoms with Crippen LogP contribution < -0.4 is 10.7 Å². The number of rotatable bonds is 5. The van der Waals surface area contributed by atoms with Crippen LogP contribution in [0.25, 0.3) is 0 Å². The van der Waals surface area contributed by atoms with Gasteiger partial charge in [0.05, 0.1) is 5.56 Å². The van der Waals surface area contributed by atoms with Gasteiger partial charge in [-0.1, -0.05) is 30.6 Å². The third-order valence-electron chi connectivity index (χ3n) is 2.94. The Morgan fingerprint density at radius 1 is 1.24 bits per heavy atom. The summed E-state index contributed by atoms with van der Waals surface area (Å²) < 4.78 is 0. The van der Waals surface area contributed by atoms with Crippen LogP contribution in [0, 0.1) is 0 Å². The van der Waals surface area contributed by atoms with Crippen molar-refractivity contribution in [2.24, 2.45) is 10.9 Å². The highest BCUT2D eigenvalue weighted by Gasteiger charge is 2.10. The lowest BCUT2D eigenvalue weighted by Crippen LogP contribution is -2.24. The predicted octanol–water partition coefficient (Wildman–Crippen LogP) is 1.93. The molecule has 2 aromatic rings. The van der Waals surface area contributed by atoms with E-state index in [-0.39, 0.29) is 5.84 Å². The van der Waals surface area contributed by atoms with Crippen molar-refractivity contribution in [2.75, 3.05) is 0 Å². The van der Waals surface area contributed by atoms with Crippen molar-refractivity contribution in [3.8, 4) is 0 Å². The van der Waals surface area contributed by atoms with Crippen LogP contribution in [0.15, 0.2) is 53.8 Å². The number of amidine groups is 1. The summed E-state index contributed by atoms with van der Waals surface area (Å²) in [6.07, 6.45) is 3.77. The average Bonchev–Trinajstić information content (AvgIpc) is 2.54. The second-order valence-corrected chi connectivity index (χ2v) is 4.58. The van der Waals surface area contributed by atoms with Crippen molar-refractivity contribution in [1.29, 1.82) is 0 Å². The highest BCUT2D eigenvalue weighted by molar-refractivity contribution is 5.95. The fourth-order valence-corrected chi connectivity index (χ4v) is 1.84. The average molecular weight is 284 g/mol. The Bertz CT molecular complexity index is 622. The van der Waals surface area contributed by atoms with E-state index in [0.717, 1.165) is 12.8 Å². The summed E-state index contributed by atoms with van der Waals surface area (Å²) in [6, 6.07) is 12.7. The van der Waals surface area contributed by atoms with Crippen LogP contribution in [0.1, 0.15) is 35.0 Å². The minimum absolute atomic E-state index is 0.117. The molecule has 0 saturated carbocycles. The fourth-order valence-electron chi connectivity index (χ4n) is 1.84. The quantitative estimate of drug-likeness (QED) is 0.394. The lowest BCUT2D eigenvalue weighted by Gasteiger charge is -2.01. The molecule has 0 atom stereocenters. The first-order valence-electron chi connectivity index (χ1n) is 6.81. The Balaban J connectivity index is 2.01. The standard InChI is InChI=1S/C16H17N3O2/c1-2-5-12-7-9-13(10-8-12)16(20)21-19-15(17)14-6-3-4-11-18-14/h3-4,6-11H,2,5H2,1H3,(H2,17,19)/p+1. The molecule has 3 N–H and O–H groups in total. The number of nitrogens with zero attached hydrogens (tertiary/aromatic N) is 1. The monoisotopic (exact) mass is 284 g/mol. The molecule has 2 rings (SSSR count). The van der Waals surface area contributed by atoms with Gasteiger partial charge < -0.3 is 10.6 Å². The topological polar surface area (TPSA) is 78.8 Å².